The van der Waals surface area contributed by atoms with Crippen molar-refractivity contribution in [3.63, 3.8) is 0 Å². The number of aliphatic carboxylic acids is 1. The lowest BCUT2D eigenvalue weighted by molar-refractivity contribution is -0.384. The Bertz CT molecular complexity index is 775. The van der Waals surface area contributed by atoms with Gasteiger partial charge in [-0.25, -0.2) is 9.48 Å². The predicted octanol–water partition coefficient (Wildman–Crippen LogP) is 2.37. The average Bonchev–Trinajstić information content (AvgIpc) is 3.07. The summed E-state index contributed by atoms with van der Waals surface area (Å²) < 4.78 is 1.74. The molecule has 1 heterocycles. The quantitative estimate of drug-likeness (QED) is 0.531. The Morgan fingerprint density at radius 2 is 2.05 bits per heavy atom. The fourth-order valence-electron chi connectivity index (χ4n) is 2.68. The van der Waals surface area contributed by atoms with E-state index in [1.54, 1.807) is 16.8 Å². The van der Waals surface area contributed by atoms with Crippen LogP contribution < -0.4 is 0 Å². The summed E-state index contributed by atoms with van der Waals surface area (Å²) in [4.78, 5) is 20.9. The Morgan fingerprint density at radius 3 is 2.68 bits per heavy atom. The average molecular weight is 299 g/mol. The second-order valence-corrected chi connectivity index (χ2v) is 5.02. The number of aromatic nitrogens is 2. The van der Waals surface area contributed by atoms with E-state index >= 15 is 0 Å². The molecule has 0 spiro atoms. The van der Waals surface area contributed by atoms with Gasteiger partial charge in [-0.15, -0.1) is 0 Å². The molecule has 1 aromatic heterocycles. The maximum atomic E-state index is 10.7. The number of hydrogen-bond donors (Lipinski definition) is 1. The normalized spacial score (nSPS) is 13.5. The van der Waals surface area contributed by atoms with Crippen molar-refractivity contribution in [2.45, 2.75) is 19.3 Å². The maximum Gasteiger partial charge on any atom is 0.328 e. The SMILES string of the molecule is O=C(O)/C=C/c1nn(-c2ccc([N+](=O)[O-])cc2)c2c1CCC2. The van der Waals surface area contributed by atoms with Crippen LogP contribution in [-0.4, -0.2) is 25.8 Å². The Labute approximate surface area is 125 Å². The number of hydrogen-bond acceptors (Lipinski definition) is 4. The molecule has 0 aliphatic heterocycles. The molecule has 0 saturated carbocycles. The summed E-state index contributed by atoms with van der Waals surface area (Å²) in [5, 5.41) is 23.9. The van der Waals surface area contributed by atoms with Crippen molar-refractivity contribution in [2.24, 2.45) is 0 Å². The molecule has 1 aromatic carbocycles. The number of rotatable bonds is 4. The molecule has 1 N–H and O–H groups in total. The van der Waals surface area contributed by atoms with Gasteiger partial charge in [0, 0.05) is 29.5 Å². The number of carboxylic acids is 1. The van der Waals surface area contributed by atoms with E-state index in [0.29, 0.717) is 5.69 Å². The summed E-state index contributed by atoms with van der Waals surface area (Å²) in [7, 11) is 0. The van der Waals surface area contributed by atoms with E-state index in [2.05, 4.69) is 5.10 Å². The highest BCUT2D eigenvalue weighted by molar-refractivity contribution is 5.85. The third-order valence-corrected chi connectivity index (χ3v) is 3.65. The molecule has 112 valence electrons. The number of benzene rings is 1. The third kappa shape index (κ3) is 2.48. The summed E-state index contributed by atoms with van der Waals surface area (Å²) in [6.45, 7) is 0. The van der Waals surface area contributed by atoms with E-state index in [-0.39, 0.29) is 5.69 Å². The van der Waals surface area contributed by atoms with Gasteiger partial charge in [0.2, 0.25) is 0 Å². The molecule has 1 aliphatic rings. The van der Waals surface area contributed by atoms with Gasteiger partial charge in [-0.3, -0.25) is 10.1 Å². The van der Waals surface area contributed by atoms with Crippen LogP contribution in [0.4, 0.5) is 5.69 Å². The largest absolute Gasteiger partial charge is 0.478 e. The minimum absolute atomic E-state index is 0.0264. The van der Waals surface area contributed by atoms with Gasteiger partial charge < -0.3 is 5.11 Å². The second kappa shape index (κ2) is 5.44. The minimum atomic E-state index is -1.02. The molecule has 2 aromatic rings. The first-order valence-corrected chi connectivity index (χ1v) is 6.83. The van der Waals surface area contributed by atoms with E-state index in [1.807, 2.05) is 0 Å². The summed E-state index contributed by atoms with van der Waals surface area (Å²) in [6, 6.07) is 6.17. The van der Waals surface area contributed by atoms with Crippen LogP contribution in [0.25, 0.3) is 11.8 Å². The first-order valence-electron chi connectivity index (χ1n) is 6.83. The number of carbonyl (C=O) groups is 1. The lowest BCUT2D eigenvalue weighted by Crippen LogP contribution is -2.01. The number of nitrogens with zero attached hydrogens (tertiary/aromatic N) is 3. The Balaban J connectivity index is 2.02. The lowest BCUT2D eigenvalue weighted by Gasteiger charge is -2.04. The van der Waals surface area contributed by atoms with Gasteiger partial charge in [-0.2, -0.15) is 5.10 Å². The smallest absolute Gasteiger partial charge is 0.328 e. The maximum absolute atomic E-state index is 10.7. The van der Waals surface area contributed by atoms with E-state index in [9.17, 15) is 14.9 Å². The molecule has 0 amide bonds. The topological polar surface area (TPSA) is 98.3 Å². The van der Waals surface area contributed by atoms with E-state index in [1.165, 1.54) is 18.2 Å². The van der Waals surface area contributed by atoms with Crippen molar-refractivity contribution in [3.05, 3.63) is 57.4 Å². The predicted molar refractivity (Wildman–Crippen MR) is 78.9 cm³/mol. The molecule has 0 bridgehead atoms. The molecule has 0 unspecified atom stereocenters. The van der Waals surface area contributed by atoms with Crippen molar-refractivity contribution in [1.29, 1.82) is 0 Å². The van der Waals surface area contributed by atoms with Crippen molar-refractivity contribution < 1.29 is 14.8 Å². The Morgan fingerprint density at radius 1 is 1.32 bits per heavy atom. The molecule has 0 atom stereocenters. The third-order valence-electron chi connectivity index (χ3n) is 3.65. The molecule has 0 fully saturated rings. The van der Waals surface area contributed by atoms with Crippen molar-refractivity contribution in [2.75, 3.05) is 0 Å². The standard InChI is InChI=1S/C15H13N3O4/c19-15(20)9-8-13-12-2-1-3-14(12)17(16-13)10-4-6-11(7-5-10)18(21)22/h4-9H,1-3H2,(H,19,20)/b9-8+. The molecule has 3 rings (SSSR count). The highest BCUT2D eigenvalue weighted by Gasteiger charge is 2.22. The van der Waals surface area contributed by atoms with Gasteiger partial charge >= 0.3 is 5.97 Å². The lowest BCUT2D eigenvalue weighted by atomic mass is 10.2. The zero-order chi connectivity index (χ0) is 15.7. The molecule has 1 aliphatic carbocycles. The van der Waals surface area contributed by atoms with Crippen LogP contribution in [0, 0.1) is 10.1 Å². The summed E-state index contributed by atoms with van der Waals surface area (Å²) in [5.41, 5.74) is 3.50. The number of carboxylic acid groups (broad SMARTS) is 1. The number of non-ortho nitro benzene ring substituents is 1. The highest BCUT2D eigenvalue weighted by atomic mass is 16.6. The van der Waals surface area contributed by atoms with Gasteiger partial charge in [0.15, 0.2) is 0 Å². The van der Waals surface area contributed by atoms with Crippen LogP contribution in [0.15, 0.2) is 30.3 Å². The number of nitro benzene ring substituents is 1. The zero-order valence-electron chi connectivity index (χ0n) is 11.6. The molecule has 7 heteroatoms. The van der Waals surface area contributed by atoms with E-state index in [0.717, 1.165) is 42.3 Å². The molecule has 0 saturated heterocycles. The van der Waals surface area contributed by atoms with Gasteiger partial charge in [0.05, 0.1) is 16.3 Å². The van der Waals surface area contributed by atoms with Crippen molar-refractivity contribution in [3.8, 4) is 5.69 Å². The van der Waals surface area contributed by atoms with Crippen LogP contribution >= 0.6 is 0 Å². The monoisotopic (exact) mass is 299 g/mol. The Kier molecular flexibility index (Phi) is 3.46. The second-order valence-electron chi connectivity index (χ2n) is 5.02. The van der Waals surface area contributed by atoms with Crippen LogP contribution in [0.5, 0.6) is 0 Å². The van der Waals surface area contributed by atoms with Gasteiger partial charge in [0.25, 0.3) is 5.69 Å². The van der Waals surface area contributed by atoms with Crippen molar-refractivity contribution in [1.82, 2.24) is 9.78 Å². The fraction of sp³-hybridized carbons (Fsp3) is 0.200. The molecule has 22 heavy (non-hydrogen) atoms. The summed E-state index contributed by atoms with van der Waals surface area (Å²) >= 11 is 0. The first-order chi connectivity index (χ1) is 10.6. The molecule has 7 nitrogen and oxygen atoms in total. The summed E-state index contributed by atoms with van der Waals surface area (Å²) in [6.07, 6.45) is 5.28. The van der Waals surface area contributed by atoms with Gasteiger partial charge in [-0.1, -0.05) is 0 Å². The zero-order valence-corrected chi connectivity index (χ0v) is 11.6. The molecular formula is C15H13N3O4. The summed E-state index contributed by atoms with van der Waals surface area (Å²) in [5.74, 6) is -1.02. The van der Waals surface area contributed by atoms with Crippen LogP contribution in [-0.2, 0) is 17.6 Å². The van der Waals surface area contributed by atoms with Crippen LogP contribution in [0.2, 0.25) is 0 Å². The fourth-order valence-corrected chi connectivity index (χ4v) is 2.68. The number of fused-ring (bicyclic) bond motifs is 1. The van der Waals surface area contributed by atoms with E-state index < -0.39 is 10.9 Å². The number of nitro groups is 1. The van der Waals surface area contributed by atoms with Crippen LogP contribution in [0.3, 0.4) is 0 Å². The van der Waals surface area contributed by atoms with E-state index in [4.69, 9.17) is 5.11 Å². The van der Waals surface area contributed by atoms with Crippen molar-refractivity contribution >= 4 is 17.7 Å². The highest BCUT2D eigenvalue weighted by Crippen LogP contribution is 2.29. The molecule has 0 radical (unpaired) electrons. The van der Waals surface area contributed by atoms with Crippen LogP contribution in [0.1, 0.15) is 23.4 Å². The molecular weight excluding hydrogens is 286 g/mol. The Hall–Kier alpha value is -2.96. The van der Waals surface area contributed by atoms with Gasteiger partial charge in [0.1, 0.15) is 0 Å². The van der Waals surface area contributed by atoms with Gasteiger partial charge in [-0.05, 0) is 37.5 Å². The minimum Gasteiger partial charge on any atom is -0.478 e. The first kappa shape index (κ1) is 14.0.